The molecular weight excluding hydrogens is 277 g/mol. The highest BCUT2D eigenvalue weighted by molar-refractivity contribution is 9.10. The van der Waals surface area contributed by atoms with Gasteiger partial charge in [-0.2, -0.15) is 0 Å². The third-order valence-electron chi connectivity index (χ3n) is 2.61. The lowest BCUT2D eigenvalue weighted by Crippen LogP contribution is -2.29. The molecule has 0 aliphatic carbocycles. The summed E-state index contributed by atoms with van der Waals surface area (Å²) in [4.78, 5) is 13.6. The van der Waals surface area contributed by atoms with E-state index < -0.39 is 6.10 Å². The number of aliphatic hydroxyl groups excluding tert-OH is 1. The van der Waals surface area contributed by atoms with E-state index in [9.17, 15) is 14.3 Å². The van der Waals surface area contributed by atoms with E-state index in [0.717, 1.165) is 0 Å². The van der Waals surface area contributed by atoms with Crippen LogP contribution in [-0.2, 0) is 0 Å². The number of carbonyl (C=O) groups is 1. The Bertz CT molecular complexity index is 424. The second kappa shape index (κ2) is 4.51. The molecule has 1 aliphatic rings. The van der Waals surface area contributed by atoms with E-state index in [-0.39, 0.29) is 11.7 Å². The van der Waals surface area contributed by atoms with Crippen LogP contribution >= 0.6 is 15.9 Å². The van der Waals surface area contributed by atoms with Gasteiger partial charge in [-0.1, -0.05) is 0 Å². The number of amides is 1. The van der Waals surface area contributed by atoms with Gasteiger partial charge in [-0.25, -0.2) is 4.39 Å². The minimum Gasteiger partial charge on any atom is -0.391 e. The number of benzene rings is 1. The molecule has 1 saturated heterocycles. The van der Waals surface area contributed by atoms with Crippen LogP contribution in [0, 0.1) is 5.82 Å². The number of likely N-dealkylation sites (tertiary alicyclic amines) is 1. The van der Waals surface area contributed by atoms with Gasteiger partial charge in [-0.05, 0) is 40.5 Å². The average Bonchev–Trinajstić information content (AvgIpc) is 2.64. The molecule has 5 heteroatoms. The number of carbonyl (C=O) groups excluding carboxylic acids is 1. The molecule has 0 aromatic heterocycles. The fraction of sp³-hybridized carbons (Fsp3) is 0.364. The number of halogens is 2. The van der Waals surface area contributed by atoms with Crippen LogP contribution in [0.15, 0.2) is 22.7 Å². The number of nitrogens with zero attached hydrogens (tertiary/aromatic N) is 1. The van der Waals surface area contributed by atoms with E-state index in [1.165, 1.54) is 18.2 Å². The first-order valence-corrected chi connectivity index (χ1v) is 5.79. The molecule has 1 aromatic carbocycles. The van der Waals surface area contributed by atoms with Gasteiger partial charge >= 0.3 is 0 Å². The summed E-state index contributed by atoms with van der Waals surface area (Å²) in [6.45, 7) is 0.895. The lowest BCUT2D eigenvalue weighted by Gasteiger charge is -2.16. The van der Waals surface area contributed by atoms with Gasteiger partial charge < -0.3 is 10.0 Å². The lowest BCUT2D eigenvalue weighted by molar-refractivity contribution is 0.0764. The molecule has 0 radical (unpaired) electrons. The molecule has 1 fully saturated rings. The molecular formula is C11H11BrFNO2. The van der Waals surface area contributed by atoms with Crippen molar-refractivity contribution in [3.8, 4) is 0 Å². The molecule has 0 bridgehead atoms. The number of hydrogen-bond acceptors (Lipinski definition) is 2. The van der Waals surface area contributed by atoms with Crippen LogP contribution in [0.4, 0.5) is 4.39 Å². The Morgan fingerprint density at radius 1 is 1.56 bits per heavy atom. The normalized spacial score (nSPS) is 20.2. The Balaban J connectivity index is 2.21. The third kappa shape index (κ3) is 2.25. The molecule has 1 heterocycles. The van der Waals surface area contributed by atoms with Gasteiger partial charge in [0.05, 0.1) is 11.7 Å². The third-order valence-corrected chi connectivity index (χ3v) is 3.27. The number of aliphatic hydroxyl groups is 1. The Labute approximate surface area is 101 Å². The summed E-state index contributed by atoms with van der Waals surface area (Å²) in [6, 6.07) is 3.97. The zero-order chi connectivity index (χ0) is 11.7. The van der Waals surface area contributed by atoms with Gasteiger partial charge in [-0.3, -0.25) is 4.79 Å². The van der Waals surface area contributed by atoms with E-state index >= 15 is 0 Å². The maximum atomic E-state index is 12.9. The fourth-order valence-electron chi connectivity index (χ4n) is 1.76. The molecule has 1 amide bonds. The van der Waals surface area contributed by atoms with E-state index in [4.69, 9.17) is 0 Å². The zero-order valence-electron chi connectivity index (χ0n) is 8.49. The van der Waals surface area contributed by atoms with E-state index in [0.29, 0.717) is 29.5 Å². The summed E-state index contributed by atoms with van der Waals surface area (Å²) in [5.41, 5.74) is 0.426. The van der Waals surface area contributed by atoms with Gasteiger partial charge in [0, 0.05) is 17.6 Å². The summed E-state index contributed by atoms with van der Waals surface area (Å²) in [5.74, 6) is -0.562. The Morgan fingerprint density at radius 2 is 2.31 bits per heavy atom. The molecule has 0 saturated carbocycles. The quantitative estimate of drug-likeness (QED) is 0.856. The largest absolute Gasteiger partial charge is 0.391 e. The van der Waals surface area contributed by atoms with Gasteiger partial charge in [0.25, 0.3) is 5.91 Å². The first kappa shape index (κ1) is 11.5. The zero-order valence-corrected chi connectivity index (χ0v) is 10.1. The molecule has 1 atom stereocenters. The fourth-order valence-corrected chi connectivity index (χ4v) is 2.28. The van der Waals surface area contributed by atoms with Crippen molar-refractivity contribution in [2.45, 2.75) is 12.5 Å². The summed E-state index contributed by atoms with van der Waals surface area (Å²) < 4.78 is 13.3. The standard InChI is InChI=1S/C11H11BrFNO2/c12-10-5-7(13)1-2-9(10)11(16)14-4-3-8(15)6-14/h1-2,5,8,15H,3-4,6H2/t8-/m0/s1. The second-order valence-corrected chi connectivity index (χ2v) is 4.67. The molecule has 2 rings (SSSR count). The van der Waals surface area contributed by atoms with E-state index in [1.54, 1.807) is 4.90 Å². The minimum absolute atomic E-state index is 0.177. The number of β-amino-alcohol motifs (C(OH)–C–C–N with tert-alkyl or cyclic N) is 1. The van der Waals surface area contributed by atoms with Crippen LogP contribution < -0.4 is 0 Å². The van der Waals surface area contributed by atoms with E-state index in [2.05, 4.69) is 15.9 Å². The summed E-state index contributed by atoms with van der Waals surface area (Å²) in [5, 5.41) is 9.34. The second-order valence-electron chi connectivity index (χ2n) is 3.82. The van der Waals surface area contributed by atoms with Crippen LogP contribution in [0.5, 0.6) is 0 Å². The van der Waals surface area contributed by atoms with Crippen molar-refractivity contribution in [1.82, 2.24) is 4.90 Å². The molecule has 16 heavy (non-hydrogen) atoms. The summed E-state index contributed by atoms with van der Waals surface area (Å²) in [7, 11) is 0. The maximum Gasteiger partial charge on any atom is 0.255 e. The van der Waals surface area contributed by atoms with Crippen molar-refractivity contribution in [2.75, 3.05) is 13.1 Å². The summed E-state index contributed by atoms with van der Waals surface area (Å²) in [6.07, 6.45) is 0.160. The predicted octanol–water partition coefficient (Wildman–Crippen LogP) is 1.79. The van der Waals surface area contributed by atoms with Crippen molar-refractivity contribution in [3.05, 3.63) is 34.1 Å². The van der Waals surface area contributed by atoms with Gasteiger partial charge in [0.1, 0.15) is 5.82 Å². The van der Waals surface area contributed by atoms with Gasteiger partial charge in [0.15, 0.2) is 0 Å². The van der Waals surface area contributed by atoms with Crippen LogP contribution in [0.1, 0.15) is 16.8 Å². The Morgan fingerprint density at radius 3 is 2.88 bits per heavy atom. The van der Waals surface area contributed by atoms with Crippen LogP contribution in [0.3, 0.4) is 0 Å². The van der Waals surface area contributed by atoms with Crippen LogP contribution in [-0.4, -0.2) is 35.1 Å². The van der Waals surface area contributed by atoms with Crippen molar-refractivity contribution < 1.29 is 14.3 Å². The van der Waals surface area contributed by atoms with Gasteiger partial charge in [-0.15, -0.1) is 0 Å². The first-order valence-electron chi connectivity index (χ1n) is 5.00. The number of hydrogen-bond donors (Lipinski definition) is 1. The van der Waals surface area contributed by atoms with E-state index in [1.807, 2.05) is 0 Å². The first-order chi connectivity index (χ1) is 7.58. The molecule has 1 N–H and O–H groups in total. The van der Waals surface area contributed by atoms with Crippen LogP contribution in [0.2, 0.25) is 0 Å². The Kier molecular flexibility index (Phi) is 3.25. The minimum atomic E-state index is -0.442. The highest BCUT2D eigenvalue weighted by Gasteiger charge is 2.26. The van der Waals surface area contributed by atoms with Crippen molar-refractivity contribution >= 4 is 21.8 Å². The topological polar surface area (TPSA) is 40.5 Å². The van der Waals surface area contributed by atoms with Crippen LogP contribution in [0.25, 0.3) is 0 Å². The molecule has 0 spiro atoms. The summed E-state index contributed by atoms with van der Waals surface area (Å²) >= 11 is 3.16. The molecule has 1 aromatic rings. The van der Waals surface area contributed by atoms with Crippen molar-refractivity contribution in [3.63, 3.8) is 0 Å². The SMILES string of the molecule is O=C(c1ccc(F)cc1Br)N1CC[C@H](O)C1. The maximum absolute atomic E-state index is 12.9. The van der Waals surface area contributed by atoms with Crippen molar-refractivity contribution in [1.29, 1.82) is 0 Å². The monoisotopic (exact) mass is 287 g/mol. The Hall–Kier alpha value is -0.940. The molecule has 0 unspecified atom stereocenters. The average molecular weight is 288 g/mol. The molecule has 3 nitrogen and oxygen atoms in total. The highest BCUT2D eigenvalue weighted by Crippen LogP contribution is 2.21. The smallest absolute Gasteiger partial charge is 0.255 e. The highest BCUT2D eigenvalue weighted by atomic mass is 79.9. The predicted molar refractivity (Wildman–Crippen MR) is 60.6 cm³/mol. The number of rotatable bonds is 1. The van der Waals surface area contributed by atoms with Crippen molar-refractivity contribution in [2.24, 2.45) is 0 Å². The lowest BCUT2D eigenvalue weighted by atomic mass is 10.2. The van der Waals surface area contributed by atoms with Gasteiger partial charge in [0.2, 0.25) is 0 Å². The molecule has 1 aliphatic heterocycles. The molecule has 86 valence electrons.